The second-order valence-electron chi connectivity index (χ2n) is 19.4. The van der Waals surface area contributed by atoms with E-state index in [4.69, 9.17) is 14.2 Å². The second kappa shape index (κ2) is 47.9. The quantitative estimate of drug-likeness (QED) is 0.0344. The molecule has 2 unspecified atom stereocenters. The molecule has 0 aromatic heterocycles. The Labute approximate surface area is 380 Å². The molecule has 362 valence electrons. The smallest absolute Gasteiger partial charge is 0.306 e. The SMILES string of the molecule is CCCCCCCCCCCCCCCCCC(=O)O[C@H](COC(=O)CCCCCCCCCCCCCCCCC(C)CC)COC(=O)CCCCCCCCC(C)CC. The third-order valence-electron chi connectivity index (χ3n) is 13.2. The summed E-state index contributed by atoms with van der Waals surface area (Å²) >= 11 is 0. The van der Waals surface area contributed by atoms with E-state index in [0.717, 1.165) is 69.6 Å². The monoisotopic (exact) mass is 863 g/mol. The van der Waals surface area contributed by atoms with Gasteiger partial charge in [-0.15, -0.1) is 0 Å². The van der Waals surface area contributed by atoms with Gasteiger partial charge < -0.3 is 14.2 Å². The Morgan fingerprint density at radius 2 is 0.574 bits per heavy atom. The van der Waals surface area contributed by atoms with Gasteiger partial charge in [-0.2, -0.15) is 0 Å². The number of carbonyl (C=O) groups is 3. The summed E-state index contributed by atoms with van der Waals surface area (Å²) < 4.78 is 16.8. The first-order valence-electron chi connectivity index (χ1n) is 27.3. The minimum atomic E-state index is -0.762. The lowest BCUT2D eigenvalue weighted by atomic mass is 9.99. The average Bonchev–Trinajstić information content (AvgIpc) is 3.26. The van der Waals surface area contributed by atoms with Gasteiger partial charge in [0.15, 0.2) is 6.10 Å². The van der Waals surface area contributed by atoms with E-state index in [0.29, 0.717) is 19.3 Å². The first-order valence-corrected chi connectivity index (χ1v) is 27.3. The first kappa shape index (κ1) is 59.4. The third-order valence-corrected chi connectivity index (χ3v) is 13.2. The van der Waals surface area contributed by atoms with Gasteiger partial charge in [0, 0.05) is 19.3 Å². The molecule has 0 aromatic carbocycles. The van der Waals surface area contributed by atoms with Crippen LogP contribution >= 0.6 is 0 Å². The molecule has 0 spiro atoms. The molecule has 3 atom stereocenters. The van der Waals surface area contributed by atoms with Crippen molar-refractivity contribution in [2.24, 2.45) is 11.8 Å². The lowest BCUT2D eigenvalue weighted by Crippen LogP contribution is -2.30. The highest BCUT2D eigenvalue weighted by Crippen LogP contribution is 2.18. The molecule has 0 saturated heterocycles. The minimum absolute atomic E-state index is 0.0639. The lowest BCUT2D eigenvalue weighted by molar-refractivity contribution is -0.167. The molecule has 6 heteroatoms. The lowest BCUT2D eigenvalue weighted by Gasteiger charge is -2.18. The van der Waals surface area contributed by atoms with Gasteiger partial charge in [-0.05, 0) is 31.1 Å². The van der Waals surface area contributed by atoms with Crippen LogP contribution in [0.2, 0.25) is 0 Å². The van der Waals surface area contributed by atoms with E-state index >= 15 is 0 Å². The molecule has 0 amide bonds. The van der Waals surface area contributed by atoms with Gasteiger partial charge in [0.05, 0.1) is 0 Å². The molecule has 0 aromatic rings. The summed E-state index contributed by atoms with van der Waals surface area (Å²) in [6, 6.07) is 0. The molecule has 0 aliphatic heterocycles. The maximum absolute atomic E-state index is 12.8. The second-order valence-corrected chi connectivity index (χ2v) is 19.4. The van der Waals surface area contributed by atoms with E-state index < -0.39 is 6.10 Å². The highest BCUT2D eigenvalue weighted by molar-refractivity contribution is 5.71. The van der Waals surface area contributed by atoms with Crippen LogP contribution in [-0.4, -0.2) is 37.2 Å². The molecule has 61 heavy (non-hydrogen) atoms. The summed E-state index contributed by atoms with van der Waals surface area (Å²) in [5, 5.41) is 0. The van der Waals surface area contributed by atoms with Crippen molar-refractivity contribution in [1.82, 2.24) is 0 Å². The molecule has 0 rings (SSSR count). The number of unbranched alkanes of at least 4 members (excludes halogenated alkanes) is 32. The van der Waals surface area contributed by atoms with E-state index in [9.17, 15) is 14.4 Å². The molecule has 0 fully saturated rings. The molecule has 0 aliphatic carbocycles. The number of carbonyl (C=O) groups excluding carboxylic acids is 3. The van der Waals surface area contributed by atoms with Gasteiger partial charge in [0.1, 0.15) is 13.2 Å². The van der Waals surface area contributed by atoms with Crippen molar-refractivity contribution >= 4 is 17.9 Å². The summed E-state index contributed by atoms with van der Waals surface area (Å²) in [7, 11) is 0. The number of esters is 3. The molecule has 0 heterocycles. The van der Waals surface area contributed by atoms with E-state index in [1.54, 1.807) is 0 Å². The van der Waals surface area contributed by atoms with Crippen LogP contribution in [0.1, 0.15) is 304 Å². The van der Waals surface area contributed by atoms with Crippen molar-refractivity contribution in [1.29, 1.82) is 0 Å². The van der Waals surface area contributed by atoms with Crippen LogP contribution in [0.25, 0.3) is 0 Å². The molecule has 0 bridgehead atoms. The summed E-state index contributed by atoms with van der Waals surface area (Å²) in [6.45, 7) is 11.4. The highest BCUT2D eigenvalue weighted by Gasteiger charge is 2.19. The Balaban J connectivity index is 4.27. The van der Waals surface area contributed by atoms with Gasteiger partial charge in [-0.3, -0.25) is 14.4 Å². The minimum Gasteiger partial charge on any atom is -0.462 e. The van der Waals surface area contributed by atoms with E-state index in [-0.39, 0.29) is 31.1 Å². The van der Waals surface area contributed by atoms with Crippen LogP contribution in [0.3, 0.4) is 0 Å². The van der Waals surface area contributed by atoms with Crippen LogP contribution in [0.4, 0.5) is 0 Å². The number of rotatable bonds is 49. The van der Waals surface area contributed by atoms with Crippen molar-refractivity contribution < 1.29 is 28.6 Å². The van der Waals surface area contributed by atoms with Gasteiger partial charge in [-0.25, -0.2) is 0 Å². The number of ether oxygens (including phenoxy) is 3. The molecule has 0 aliphatic rings. The van der Waals surface area contributed by atoms with E-state index in [1.165, 1.54) is 193 Å². The van der Waals surface area contributed by atoms with Gasteiger partial charge >= 0.3 is 17.9 Å². The van der Waals surface area contributed by atoms with Gasteiger partial charge in [-0.1, -0.05) is 266 Å². The van der Waals surface area contributed by atoms with Gasteiger partial charge in [0.25, 0.3) is 0 Å². The van der Waals surface area contributed by atoms with Crippen LogP contribution in [-0.2, 0) is 28.6 Å². The first-order chi connectivity index (χ1) is 29.8. The van der Waals surface area contributed by atoms with Crippen molar-refractivity contribution in [3.63, 3.8) is 0 Å². The normalized spacial score (nSPS) is 12.9. The Morgan fingerprint density at radius 1 is 0.328 bits per heavy atom. The van der Waals surface area contributed by atoms with Crippen LogP contribution < -0.4 is 0 Å². The zero-order valence-electron chi connectivity index (χ0n) is 41.8. The summed E-state index contributed by atoms with van der Waals surface area (Å²) in [5.74, 6) is 0.863. The number of hydrogen-bond acceptors (Lipinski definition) is 6. The maximum atomic E-state index is 12.8. The Bertz CT molecular complexity index is 935. The Hall–Kier alpha value is -1.59. The zero-order chi connectivity index (χ0) is 44.7. The Kier molecular flexibility index (Phi) is 46.6. The largest absolute Gasteiger partial charge is 0.462 e. The van der Waals surface area contributed by atoms with E-state index in [1.807, 2.05) is 0 Å². The van der Waals surface area contributed by atoms with Crippen LogP contribution in [0.15, 0.2) is 0 Å². The van der Waals surface area contributed by atoms with E-state index in [2.05, 4.69) is 34.6 Å². The topological polar surface area (TPSA) is 78.9 Å². The average molecular weight is 863 g/mol. The van der Waals surface area contributed by atoms with Crippen LogP contribution in [0, 0.1) is 11.8 Å². The van der Waals surface area contributed by atoms with Crippen molar-refractivity contribution in [2.75, 3.05) is 13.2 Å². The standard InChI is InChI=1S/C55H106O6/c1-6-9-10-11-12-13-14-15-16-21-24-27-30-37-42-47-55(58)61-52(49-60-54(57)46-41-36-32-31-34-39-44-51(5)8-3)48-59-53(56)45-40-35-29-26-23-20-18-17-19-22-25-28-33-38-43-50(4)7-2/h50-52H,6-49H2,1-5H3/t50?,51?,52-/m1/s1. The van der Waals surface area contributed by atoms with Crippen molar-refractivity contribution in [3.8, 4) is 0 Å². The van der Waals surface area contributed by atoms with Crippen molar-refractivity contribution in [3.05, 3.63) is 0 Å². The van der Waals surface area contributed by atoms with Gasteiger partial charge in [0.2, 0.25) is 0 Å². The van der Waals surface area contributed by atoms with Crippen molar-refractivity contribution in [2.45, 2.75) is 310 Å². The fourth-order valence-corrected chi connectivity index (χ4v) is 8.28. The molecule has 6 nitrogen and oxygen atoms in total. The predicted octanol–water partition coefficient (Wildman–Crippen LogP) is 17.7. The Morgan fingerprint density at radius 3 is 0.852 bits per heavy atom. The fraction of sp³-hybridized carbons (Fsp3) is 0.945. The summed E-state index contributed by atoms with van der Waals surface area (Å²) in [5.41, 5.74) is 0. The predicted molar refractivity (Wildman–Crippen MR) is 261 cm³/mol. The molecule has 0 N–H and O–H groups in total. The third kappa shape index (κ3) is 46.2. The maximum Gasteiger partial charge on any atom is 0.306 e. The zero-order valence-corrected chi connectivity index (χ0v) is 41.8. The molecule has 0 saturated carbocycles. The fourth-order valence-electron chi connectivity index (χ4n) is 8.28. The molecular weight excluding hydrogens is 757 g/mol. The highest BCUT2D eigenvalue weighted by atomic mass is 16.6. The summed E-state index contributed by atoms with van der Waals surface area (Å²) in [4.78, 5) is 38.0. The molecular formula is C55H106O6. The van der Waals surface area contributed by atoms with Crippen LogP contribution in [0.5, 0.6) is 0 Å². The number of hydrogen-bond donors (Lipinski definition) is 0. The molecule has 0 radical (unpaired) electrons. The summed E-state index contributed by atoms with van der Waals surface area (Å²) in [6.07, 6.45) is 49.4.